The lowest BCUT2D eigenvalue weighted by Crippen LogP contribution is -2.19. The third-order valence-corrected chi connectivity index (χ3v) is 4.25. The SMILES string of the molecule is C/C(=N\NC(=O)c1ccc([N+](=O)[O-])c(C)c1)c1ccc(Cl)s1. The molecule has 0 aliphatic rings. The van der Waals surface area contributed by atoms with E-state index < -0.39 is 10.8 Å². The molecule has 0 radical (unpaired) electrons. The monoisotopic (exact) mass is 337 g/mol. The van der Waals surface area contributed by atoms with Crippen molar-refractivity contribution in [1.29, 1.82) is 0 Å². The van der Waals surface area contributed by atoms with Crippen LogP contribution in [0.2, 0.25) is 4.34 Å². The molecule has 1 N–H and O–H groups in total. The summed E-state index contributed by atoms with van der Waals surface area (Å²) in [5, 5.41) is 14.8. The van der Waals surface area contributed by atoms with Gasteiger partial charge in [-0.1, -0.05) is 11.6 Å². The van der Waals surface area contributed by atoms with Gasteiger partial charge in [-0.15, -0.1) is 11.3 Å². The van der Waals surface area contributed by atoms with E-state index in [-0.39, 0.29) is 5.69 Å². The van der Waals surface area contributed by atoms with Gasteiger partial charge >= 0.3 is 0 Å². The van der Waals surface area contributed by atoms with E-state index in [1.165, 1.54) is 29.5 Å². The Kier molecular flexibility index (Phi) is 4.89. The minimum absolute atomic E-state index is 0.0236. The molecule has 8 heteroatoms. The second-order valence-electron chi connectivity index (χ2n) is 4.50. The van der Waals surface area contributed by atoms with Crippen LogP contribution in [-0.2, 0) is 0 Å². The number of nitrogens with one attached hydrogen (secondary N) is 1. The smallest absolute Gasteiger partial charge is 0.267 e. The summed E-state index contributed by atoms with van der Waals surface area (Å²) in [6, 6.07) is 7.73. The zero-order valence-electron chi connectivity index (χ0n) is 11.8. The van der Waals surface area contributed by atoms with E-state index in [9.17, 15) is 14.9 Å². The van der Waals surface area contributed by atoms with Crippen molar-refractivity contribution in [1.82, 2.24) is 5.43 Å². The molecule has 114 valence electrons. The predicted octanol–water partition coefficient (Wildman–Crippen LogP) is 3.77. The highest BCUT2D eigenvalue weighted by molar-refractivity contribution is 7.18. The number of nitrogens with zero attached hydrogens (tertiary/aromatic N) is 2. The van der Waals surface area contributed by atoms with Crippen LogP contribution in [0.15, 0.2) is 35.4 Å². The molecule has 0 saturated carbocycles. The summed E-state index contributed by atoms with van der Waals surface area (Å²) in [4.78, 5) is 23.1. The fourth-order valence-electron chi connectivity index (χ4n) is 1.76. The zero-order chi connectivity index (χ0) is 16.3. The Bertz CT molecular complexity index is 770. The highest BCUT2D eigenvalue weighted by atomic mass is 35.5. The van der Waals surface area contributed by atoms with Gasteiger partial charge in [-0.05, 0) is 38.1 Å². The largest absolute Gasteiger partial charge is 0.272 e. The molecule has 0 fully saturated rings. The Hall–Kier alpha value is -2.25. The molecule has 1 aromatic carbocycles. The first-order valence-corrected chi connectivity index (χ1v) is 7.43. The molecule has 2 aromatic rings. The second kappa shape index (κ2) is 6.67. The van der Waals surface area contributed by atoms with Crippen LogP contribution < -0.4 is 5.43 Å². The van der Waals surface area contributed by atoms with Crippen molar-refractivity contribution in [2.45, 2.75) is 13.8 Å². The summed E-state index contributed by atoms with van der Waals surface area (Å²) in [6.45, 7) is 3.33. The average Bonchev–Trinajstić information content (AvgIpc) is 2.90. The first kappa shape index (κ1) is 16.1. The predicted molar refractivity (Wildman–Crippen MR) is 86.8 cm³/mol. The number of hydrogen-bond acceptors (Lipinski definition) is 5. The van der Waals surface area contributed by atoms with Crippen LogP contribution >= 0.6 is 22.9 Å². The van der Waals surface area contributed by atoms with Crippen LogP contribution in [-0.4, -0.2) is 16.5 Å². The van der Waals surface area contributed by atoms with Gasteiger partial charge in [0.2, 0.25) is 0 Å². The Morgan fingerprint density at radius 3 is 2.64 bits per heavy atom. The molecular formula is C14H12ClN3O3S. The normalized spacial score (nSPS) is 11.3. The lowest BCUT2D eigenvalue weighted by Gasteiger charge is -2.03. The molecule has 0 saturated heterocycles. The van der Waals surface area contributed by atoms with Crippen molar-refractivity contribution in [2.24, 2.45) is 5.10 Å². The van der Waals surface area contributed by atoms with E-state index in [1.54, 1.807) is 19.9 Å². The molecule has 2 rings (SSSR count). The third kappa shape index (κ3) is 3.69. The number of benzene rings is 1. The molecule has 0 aliphatic heterocycles. The van der Waals surface area contributed by atoms with Crippen molar-refractivity contribution in [3.63, 3.8) is 0 Å². The number of nitro benzene ring substituents is 1. The number of rotatable bonds is 4. The van der Waals surface area contributed by atoms with E-state index in [0.717, 1.165) is 4.88 Å². The van der Waals surface area contributed by atoms with Gasteiger partial charge in [-0.2, -0.15) is 5.10 Å². The first-order chi connectivity index (χ1) is 10.4. The molecule has 1 heterocycles. The first-order valence-electron chi connectivity index (χ1n) is 6.24. The van der Waals surface area contributed by atoms with Gasteiger partial charge in [0.25, 0.3) is 11.6 Å². The minimum Gasteiger partial charge on any atom is -0.267 e. The summed E-state index contributed by atoms with van der Waals surface area (Å²) in [6.07, 6.45) is 0. The van der Waals surface area contributed by atoms with Crippen LogP contribution in [0, 0.1) is 17.0 Å². The number of amides is 1. The van der Waals surface area contributed by atoms with Gasteiger partial charge in [-0.3, -0.25) is 14.9 Å². The van der Waals surface area contributed by atoms with E-state index >= 15 is 0 Å². The third-order valence-electron chi connectivity index (χ3n) is 2.91. The summed E-state index contributed by atoms with van der Waals surface area (Å²) < 4.78 is 0.641. The standard InChI is InChI=1S/C14H12ClN3O3S/c1-8-7-10(3-4-11(8)18(20)21)14(19)17-16-9(2)12-5-6-13(15)22-12/h3-7H,1-2H3,(H,17,19)/b16-9+. The number of thiophene rings is 1. The Morgan fingerprint density at radius 1 is 1.36 bits per heavy atom. The quantitative estimate of drug-likeness (QED) is 0.523. The number of hydrogen-bond donors (Lipinski definition) is 1. The average molecular weight is 338 g/mol. The molecule has 22 heavy (non-hydrogen) atoms. The Balaban J connectivity index is 2.12. The van der Waals surface area contributed by atoms with Crippen LogP contribution in [0.1, 0.15) is 27.7 Å². The van der Waals surface area contributed by atoms with Gasteiger partial charge < -0.3 is 0 Å². The van der Waals surface area contributed by atoms with Crippen molar-refractivity contribution in [2.75, 3.05) is 0 Å². The summed E-state index contributed by atoms with van der Waals surface area (Å²) in [5.74, 6) is -0.431. The molecule has 0 unspecified atom stereocenters. The number of aryl methyl sites for hydroxylation is 1. The number of carbonyl (C=O) groups excluding carboxylic acids is 1. The summed E-state index contributed by atoms with van der Waals surface area (Å²) in [5.41, 5.74) is 3.76. The number of carbonyl (C=O) groups is 1. The van der Waals surface area contributed by atoms with Crippen molar-refractivity contribution >= 4 is 40.2 Å². The molecular weight excluding hydrogens is 326 g/mol. The molecule has 6 nitrogen and oxygen atoms in total. The molecule has 0 bridgehead atoms. The molecule has 0 atom stereocenters. The number of nitro groups is 1. The topological polar surface area (TPSA) is 84.6 Å². The van der Waals surface area contributed by atoms with Crippen molar-refractivity contribution in [3.05, 3.63) is 60.8 Å². The van der Waals surface area contributed by atoms with Crippen LogP contribution in [0.4, 0.5) is 5.69 Å². The van der Waals surface area contributed by atoms with Gasteiger partial charge in [-0.25, -0.2) is 5.43 Å². The van der Waals surface area contributed by atoms with Crippen LogP contribution in [0.5, 0.6) is 0 Å². The summed E-state index contributed by atoms with van der Waals surface area (Å²) in [7, 11) is 0. The number of halogens is 1. The van der Waals surface area contributed by atoms with Crippen LogP contribution in [0.25, 0.3) is 0 Å². The van der Waals surface area contributed by atoms with Crippen molar-refractivity contribution < 1.29 is 9.72 Å². The van der Waals surface area contributed by atoms with Gasteiger partial charge in [0.15, 0.2) is 0 Å². The maximum atomic E-state index is 12.0. The highest BCUT2D eigenvalue weighted by Crippen LogP contribution is 2.22. The van der Waals surface area contributed by atoms with E-state index in [1.807, 2.05) is 6.07 Å². The van der Waals surface area contributed by atoms with Gasteiger partial charge in [0, 0.05) is 17.2 Å². The molecule has 1 amide bonds. The number of hydrazone groups is 1. The highest BCUT2D eigenvalue weighted by Gasteiger charge is 2.13. The fraction of sp³-hybridized carbons (Fsp3) is 0.143. The second-order valence-corrected chi connectivity index (χ2v) is 6.22. The Labute approximate surface area is 135 Å². The van der Waals surface area contributed by atoms with E-state index in [2.05, 4.69) is 10.5 Å². The fourth-order valence-corrected chi connectivity index (χ4v) is 2.75. The maximum Gasteiger partial charge on any atom is 0.272 e. The minimum atomic E-state index is -0.486. The maximum absolute atomic E-state index is 12.0. The van der Waals surface area contributed by atoms with Gasteiger partial charge in [0.05, 0.1) is 19.8 Å². The van der Waals surface area contributed by atoms with Crippen LogP contribution in [0.3, 0.4) is 0 Å². The lowest BCUT2D eigenvalue weighted by molar-refractivity contribution is -0.385. The van der Waals surface area contributed by atoms with E-state index in [0.29, 0.717) is 21.2 Å². The Morgan fingerprint density at radius 2 is 2.09 bits per heavy atom. The van der Waals surface area contributed by atoms with Gasteiger partial charge in [0.1, 0.15) is 0 Å². The lowest BCUT2D eigenvalue weighted by atomic mass is 10.1. The molecule has 0 aliphatic carbocycles. The molecule has 0 spiro atoms. The summed E-state index contributed by atoms with van der Waals surface area (Å²) >= 11 is 7.20. The van der Waals surface area contributed by atoms with E-state index in [4.69, 9.17) is 11.6 Å². The van der Waals surface area contributed by atoms with Crippen molar-refractivity contribution in [3.8, 4) is 0 Å². The zero-order valence-corrected chi connectivity index (χ0v) is 13.4. The molecule has 1 aromatic heterocycles.